The molecule has 3 heteroatoms. The van der Waals surface area contributed by atoms with Gasteiger partial charge in [0, 0.05) is 0 Å². The molecule has 0 saturated heterocycles. The lowest BCUT2D eigenvalue weighted by molar-refractivity contribution is 0.129. The lowest BCUT2D eigenvalue weighted by Crippen LogP contribution is -2.04. The first-order valence-corrected chi connectivity index (χ1v) is 1.82. The highest BCUT2D eigenvalue weighted by Gasteiger charge is 1.80. The summed E-state index contributed by atoms with van der Waals surface area (Å²) in [6.45, 7) is 1.74. The molecule has 0 rings (SSSR count). The number of nitrogens with two attached hydrogens (primary N) is 1. The minimum atomic E-state index is -0.144. The third-order valence-corrected chi connectivity index (χ3v) is 0.319. The van der Waals surface area contributed by atoms with Gasteiger partial charge in [0.15, 0.2) is 0 Å². The van der Waals surface area contributed by atoms with Gasteiger partial charge < -0.3 is 0 Å². The van der Waals surface area contributed by atoms with Gasteiger partial charge in [0.1, 0.15) is 5.44 Å². The summed E-state index contributed by atoms with van der Waals surface area (Å²) in [6, 6.07) is 0. The van der Waals surface area contributed by atoms with Crippen molar-refractivity contribution in [2.75, 3.05) is 0 Å². The van der Waals surface area contributed by atoms with E-state index in [9.17, 15) is 0 Å². The maximum absolute atomic E-state index is 4.59. The van der Waals surface area contributed by atoms with Crippen molar-refractivity contribution in [1.29, 1.82) is 0 Å². The van der Waals surface area contributed by atoms with E-state index >= 15 is 0 Å². The van der Waals surface area contributed by atoms with Crippen molar-refractivity contribution in [2.45, 2.75) is 12.4 Å². The van der Waals surface area contributed by atoms with Crippen molar-refractivity contribution < 1.29 is 4.84 Å². The molecule has 0 saturated carbocycles. The Bertz CT molecular complexity index is 23.6. The van der Waals surface area contributed by atoms with E-state index in [1.165, 1.54) is 0 Å². The highest BCUT2D eigenvalue weighted by molar-refractivity contribution is 7.80. The molecule has 32 valence electrons. The van der Waals surface area contributed by atoms with E-state index in [1.807, 2.05) is 0 Å². The van der Waals surface area contributed by atoms with Crippen LogP contribution in [0.3, 0.4) is 0 Å². The Balaban J connectivity index is 2.54. The molecule has 0 aliphatic heterocycles. The first kappa shape index (κ1) is 5.27. The van der Waals surface area contributed by atoms with Crippen LogP contribution in [0.5, 0.6) is 0 Å². The SMILES string of the molecule is CC(S)ON. The zero-order valence-corrected chi connectivity index (χ0v) is 3.90. The van der Waals surface area contributed by atoms with Crippen molar-refractivity contribution in [3.05, 3.63) is 0 Å². The Labute approximate surface area is 36.7 Å². The summed E-state index contributed by atoms with van der Waals surface area (Å²) >= 11 is 3.75. The molecule has 1 atom stereocenters. The predicted octanol–water partition coefficient (Wildman–Crippen LogP) is 0.153. The third kappa shape index (κ3) is 4.27. The normalized spacial score (nSPS) is 15.0. The van der Waals surface area contributed by atoms with Gasteiger partial charge in [-0.05, 0) is 6.92 Å². The molecule has 2 N–H and O–H groups in total. The highest BCUT2D eigenvalue weighted by atomic mass is 32.1. The summed E-state index contributed by atoms with van der Waals surface area (Å²) in [5.41, 5.74) is -0.144. The smallest absolute Gasteiger partial charge is 0.118 e. The van der Waals surface area contributed by atoms with Crippen LogP contribution in [0.15, 0.2) is 0 Å². The van der Waals surface area contributed by atoms with E-state index in [1.54, 1.807) is 6.92 Å². The van der Waals surface area contributed by atoms with E-state index in [4.69, 9.17) is 0 Å². The lowest BCUT2D eigenvalue weighted by atomic mass is 10.9. The lowest BCUT2D eigenvalue weighted by Gasteiger charge is -1.92. The summed E-state index contributed by atoms with van der Waals surface area (Å²) in [5, 5.41) is 0. The minimum Gasteiger partial charge on any atom is -0.291 e. The van der Waals surface area contributed by atoms with Gasteiger partial charge >= 0.3 is 0 Å². The summed E-state index contributed by atoms with van der Waals surface area (Å²) < 4.78 is 0. The molecule has 0 heterocycles. The number of thiol groups is 1. The average molecular weight is 93.2 g/mol. The monoisotopic (exact) mass is 93.0 g/mol. The summed E-state index contributed by atoms with van der Waals surface area (Å²) in [5.74, 6) is 4.59. The molecule has 5 heavy (non-hydrogen) atoms. The minimum absolute atomic E-state index is 0.144. The van der Waals surface area contributed by atoms with Crippen molar-refractivity contribution in [3.63, 3.8) is 0 Å². The topological polar surface area (TPSA) is 35.2 Å². The fourth-order valence-corrected chi connectivity index (χ4v) is 0. The van der Waals surface area contributed by atoms with Crippen molar-refractivity contribution >= 4 is 12.6 Å². The second kappa shape index (κ2) is 2.50. The molecule has 2 nitrogen and oxygen atoms in total. The zero-order chi connectivity index (χ0) is 4.28. The number of hydrogen-bond donors (Lipinski definition) is 2. The van der Waals surface area contributed by atoms with Crippen LogP contribution in [0.1, 0.15) is 6.92 Å². The van der Waals surface area contributed by atoms with E-state index in [0.717, 1.165) is 0 Å². The molecular formula is C2H7NOS. The fourth-order valence-electron chi connectivity index (χ4n) is 0. The van der Waals surface area contributed by atoms with Crippen molar-refractivity contribution in [2.24, 2.45) is 5.90 Å². The molecule has 0 fully saturated rings. The second-order valence-corrected chi connectivity index (χ2v) is 1.46. The second-order valence-electron chi connectivity index (χ2n) is 0.735. The number of hydrogen-bond acceptors (Lipinski definition) is 3. The Morgan fingerprint density at radius 1 is 2.00 bits per heavy atom. The van der Waals surface area contributed by atoms with Crippen LogP contribution in [0.4, 0.5) is 0 Å². The van der Waals surface area contributed by atoms with Gasteiger partial charge in [0.05, 0.1) is 0 Å². The summed E-state index contributed by atoms with van der Waals surface area (Å²) in [4.78, 5) is 4.11. The zero-order valence-electron chi connectivity index (χ0n) is 3.01. The molecule has 0 radical (unpaired) electrons. The summed E-state index contributed by atoms with van der Waals surface area (Å²) in [7, 11) is 0. The van der Waals surface area contributed by atoms with Gasteiger partial charge in [-0.25, -0.2) is 5.90 Å². The molecule has 0 spiro atoms. The molecule has 0 aromatic carbocycles. The standard InChI is InChI=1S/C2H7NOS/c1-2(5)4-3/h2,5H,3H2,1H3. The van der Waals surface area contributed by atoms with E-state index in [-0.39, 0.29) is 5.44 Å². The molecule has 0 aromatic heterocycles. The van der Waals surface area contributed by atoms with Crippen LogP contribution in [-0.2, 0) is 4.84 Å². The molecular weight excluding hydrogens is 86.1 g/mol. The molecule has 0 amide bonds. The van der Waals surface area contributed by atoms with E-state index < -0.39 is 0 Å². The fraction of sp³-hybridized carbons (Fsp3) is 1.00. The molecule has 0 aliphatic rings. The summed E-state index contributed by atoms with van der Waals surface area (Å²) in [6.07, 6.45) is 0. The van der Waals surface area contributed by atoms with E-state index in [0.29, 0.717) is 0 Å². The molecule has 1 unspecified atom stereocenters. The van der Waals surface area contributed by atoms with Gasteiger partial charge in [0.2, 0.25) is 0 Å². The maximum Gasteiger partial charge on any atom is 0.118 e. The third-order valence-electron chi connectivity index (χ3n) is 0.197. The van der Waals surface area contributed by atoms with E-state index in [2.05, 4.69) is 23.4 Å². The van der Waals surface area contributed by atoms with Crippen LogP contribution in [-0.4, -0.2) is 5.44 Å². The Hall–Kier alpha value is 0.270. The Morgan fingerprint density at radius 3 is 2.20 bits per heavy atom. The van der Waals surface area contributed by atoms with Crippen LogP contribution < -0.4 is 5.90 Å². The highest BCUT2D eigenvalue weighted by Crippen LogP contribution is 1.85. The van der Waals surface area contributed by atoms with Gasteiger partial charge in [-0.15, -0.1) is 12.6 Å². The predicted molar refractivity (Wildman–Crippen MR) is 23.7 cm³/mol. The average Bonchev–Trinajstić information content (AvgIpc) is 1.38. The molecule has 0 bridgehead atoms. The first-order chi connectivity index (χ1) is 2.27. The quantitative estimate of drug-likeness (QED) is 0.275. The van der Waals surface area contributed by atoms with Gasteiger partial charge in [-0.1, -0.05) is 0 Å². The van der Waals surface area contributed by atoms with Crippen LogP contribution >= 0.6 is 12.6 Å². The van der Waals surface area contributed by atoms with Gasteiger partial charge in [0.25, 0.3) is 0 Å². The maximum atomic E-state index is 4.59. The largest absolute Gasteiger partial charge is 0.291 e. The van der Waals surface area contributed by atoms with Crippen LogP contribution in [0.25, 0.3) is 0 Å². The molecule has 0 aliphatic carbocycles. The van der Waals surface area contributed by atoms with Crippen molar-refractivity contribution in [3.8, 4) is 0 Å². The van der Waals surface area contributed by atoms with Crippen molar-refractivity contribution in [1.82, 2.24) is 0 Å². The van der Waals surface area contributed by atoms with Gasteiger partial charge in [-0.2, -0.15) is 0 Å². The van der Waals surface area contributed by atoms with Crippen LogP contribution in [0.2, 0.25) is 0 Å². The van der Waals surface area contributed by atoms with Gasteiger partial charge in [-0.3, -0.25) is 4.84 Å². The Morgan fingerprint density at radius 2 is 2.20 bits per heavy atom. The first-order valence-electron chi connectivity index (χ1n) is 1.31. The Kier molecular flexibility index (Phi) is 2.64. The van der Waals surface area contributed by atoms with Crippen LogP contribution in [0, 0.1) is 0 Å². The number of rotatable bonds is 1. The molecule has 0 aromatic rings.